The number of hydrogen-bond donors (Lipinski definition) is 1. The first-order valence-corrected chi connectivity index (χ1v) is 16.7. The van der Waals surface area contributed by atoms with E-state index in [0.29, 0.717) is 44.2 Å². The van der Waals surface area contributed by atoms with Gasteiger partial charge in [0.15, 0.2) is 0 Å². The summed E-state index contributed by atoms with van der Waals surface area (Å²) in [6.45, 7) is 3.80. The Balaban J connectivity index is 1.48. The molecule has 3 amide bonds. The maximum atomic E-state index is 14.0. The Kier molecular flexibility index (Phi) is 8.10. The van der Waals surface area contributed by atoms with E-state index in [1.165, 1.54) is 26.1 Å². The lowest BCUT2D eigenvalue weighted by atomic mass is 9.81. The number of carbonyl (C=O) groups is 3. The van der Waals surface area contributed by atoms with Gasteiger partial charge in [0.2, 0.25) is 5.91 Å². The van der Waals surface area contributed by atoms with Crippen molar-refractivity contribution in [3.05, 3.63) is 64.7 Å². The molecule has 44 heavy (non-hydrogen) atoms. The number of amides is 3. The van der Waals surface area contributed by atoms with Crippen molar-refractivity contribution in [3.8, 4) is 11.3 Å². The van der Waals surface area contributed by atoms with Crippen LogP contribution in [0.5, 0.6) is 0 Å². The summed E-state index contributed by atoms with van der Waals surface area (Å²) in [5.41, 5.74) is 5.95. The molecule has 3 aromatic rings. The summed E-state index contributed by atoms with van der Waals surface area (Å²) >= 11 is 0. The molecule has 1 saturated carbocycles. The summed E-state index contributed by atoms with van der Waals surface area (Å²) in [5.74, 6) is -0.430. The van der Waals surface area contributed by atoms with E-state index < -0.39 is 16.1 Å². The molecule has 2 aliphatic heterocycles. The molecule has 1 aliphatic carbocycles. The van der Waals surface area contributed by atoms with Gasteiger partial charge in [0, 0.05) is 74.8 Å². The molecule has 1 aromatic heterocycles. The van der Waals surface area contributed by atoms with Crippen molar-refractivity contribution in [3.63, 3.8) is 0 Å². The molecule has 0 radical (unpaired) electrons. The third-order valence-electron chi connectivity index (χ3n) is 9.24. The number of benzene rings is 2. The van der Waals surface area contributed by atoms with E-state index in [0.717, 1.165) is 57.7 Å². The number of nitrogens with one attached hydrogen (secondary N) is 1. The lowest BCUT2D eigenvalue weighted by molar-refractivity contribution is -0.136. The number of nitrogens with zero attached hydrogens (tertiary/aromatic N) is 4. The number of carbonyl (C=O) groups excluding carboxylic acids is 3. The SMILES string of the molecule is CC(=O)N1CCN(C(=O)C2=Cc3ccccc3-c3c(C4CCCCC4)c4ccc(C(=O)NS(=O)(=O)N(C)C)cc4n3C2)CC1. The van der Waals surface area contributed by atoms with Gasteiger partial charge in [-0.15, -0.1) is 0 Å². The summed E-state index contributed by atoms with van der Waals surface area (Å²) in [7, 11) is -1.24. The third-order valence-corrected chi connectivity index (χ3v) is 10.6. The fourth-order valence-electron chi connectivity index (χ4n) is 6.84. The van der Waals surface area contributed by atoms with Crippen molar-refractivity contribution < 1.29 is 22.8 Å². The molecule has 10 nitrogen and oxygen atoms in total. The van der Waals surface area contributed by atoms with E-state index in [1.807, 2.05) is 35.2 Å². The molecule has 6 rings (SSSR count). The van der Waals surface area contributed by atoms with Crippen LogP contribution in [-0.2, 0) is 26.3 Å². The predicted octanol–water partition coefficient (Wildman–Crippen LogP) is 3.98. The standard InChI is InChI=1S/C33H39N5O5S/c1-22(39)36-15-17-37(18-16-36)33(41)26-19-24-11-7-8-12-27(24)31-30(23-9-5-4-6-10-23)28-14-13-25(20-29(28)38(31)21-26)32(40)34-44(42,43)35(2)3/h7-8,11-14,19-20,23H,4-6,9-10,15-18,21H2,1-3H3,(H,34,40). The highest BCUT2D eigenvalue weighted by atomic mass is 32.2. The zero-order chi connectivity index (χ0) is 31.2. The van der Waals surface area contributed by atoms with E-state index in [1.54, 1.807) is 24.0 Å². The average molecular weight is 618 g/mol. The highest BCUT2D eigenvalue weighted by Crippen LogP contribution is 2.46. The summed E-state index contributed by atoms with van der Waals surface area (Å²) in [5, 5.41) is 1.03. The molecule has 3 heterocycles. The van der Waals surface area contributed by atoms with Crippen LogP contribution in [0.1, 0.15) is 66.4 Å². The van der Waals surface area contributed by atoms with Crippen LogP contribution >= 0.6 is 0 Å². The molecule has 0 atom stereocenters. The van der Waals surface area contributed by atoms with Gasteiger partial charge in [0.1, 0.15) is 0 Å². The van der Waals surface area contributed by atoms with Crippen molar-refractivity contribution in [2.75, 3.05) is 40.3 Å². The molecule has 1 saturated heterocycles. The second-order valence-electron chi connectivity index (χ2n) is 12.2. The number of piperazine rings is 1. The van der Waals surface area contributed by atoms with Crippen LogP contribution in [-0.4, -0.2) is 85.1 Å². The van der Waals surface area contributed by atoms with Crippen molar-refractivity contribution >= 4 is 44.9 Å². The van der Waals surface area contributed by atoms with E-state index in [2.05, 4.69) is 15.4 Å². The summed E-state index contributed by atoms with van der Waals surface area (Å²) in [6.07, 6.45) is 7.63. The predicted molar refractivity (Wildman–Crippen MR) is 170 cm³/mol. The van der Waals surface area contributed by atoms with Gasteiger partial charge in [0.25, 0.3) is 11.8 Å². The maximum Gasteiger partial charge on any atom is 0.303 e. The van der Waals surface area contributed by atoms with Crippen LogP contribution in [0.3, 0.4) is 0 Å². The monoisotopic (exact) mass is 617 g/mol. The molecule has 3 aliphatic rings. The Morgan fingerprint density at radius 2 is 1.59 bits per heavy atom. The smallest absolute Gasteiger partial charge is 0.303 e. The van der Waals surface area contributed by atoms with Gasteiger partial charge in [0.05, 0.1) is 12.2 Å². The van der Waals surface area contributed by atoms with Gasteiger partial charge < -0.3 is 14.4 Å². The summed E-state index contributed by atoms with van der Waals surface area (Å²) in [4.78, 5) is 42.7. The van der Waals surface area contributed by atoms with E-state index in [4.69, 9.17) is 0 Å². The molecule has 2 aromatic carbocycles. The van der Waals surface area contributed by atoms with Crippen LogP contribution in [0.25, 0.3) is 28.2 Å². The third kappa shape index (κ3) is 5.54. The second kappa shape index (κ2) is 11.9. The molecule has 232 valence electrons. The van der Waals surface area contributed by atoms with Crippen LogP contribution in [0.4, 0.5) is 0 Å². The lowest BCUT2D eigenvalue weighted by Crippen LogP contribution is -2.50. The van der Waals surface area contributed by atoms with Gasteiger partial charge in [-0.05, 0) is 48.1 Å². The molecule has 0 spiro atoms. The molecule has 1 N–H and O–H groups in total. The van der Waals surface area contributed by atoms with Gasteiger partial charge in [-0.1, -0.05) is 49.6 Å². The molecular weight excluding hydrogens is 578 g/mol. The first-order chi connectivity index (χ1) is 21.0. The van der Waals surface area contributed by atoms with E-state index in [-0.39, 0.29) is 17.4 Å². The van der Waals surface area contributed by atoms with Crippen molar-refractivity contribution in [2.24, 2.45) is 0 Å². The first kappa shape index (κ1) is 30.1. The molecule has 0 unspecified atom stereocenters. The Hall–Kier alpha value is -3.96. The van der Waals surface area contributed by atoms with Gasteiger partial charge in [-0.25, -0.2) is 4.72 Å². The average Bonchev–Trinajstić information content (AvgIpc) is 3.23. The molecule has 11 heteroatoms. The molecular formula is C33H39N5O5S. The Bertz CT molecular complexity index is 1780. The van der Waals surface area contributed by atoms with Crippen LogP contribution < -0.4 is 4.72 Å². The normalized spacial score (nSPS) is 17.6. The van der Waals surface area contributed by atoms with Crippen LogP contribution in [0, 0.1) is 0 Å². The van der Waals surface area contributed by atoms with E-state index >= 15 is 0 Å². The molecule has 0 bridgehead atoms. The van der Waals surface area contributed by atoms with Gasteiger partial charge in [-0.3, -0.25) is 14.4 Å². The lowest BCUT2D eigenvalue weighted by Gasteiger charge is -2.34. The van der Waals surface area contributed by atoms with Crippen LogP contribution in [0.15, 0.2) is 48.0 Å². The minimum absolute atomic E-state index is 0.0108. The Labute approximate surface area is 258 Å². The first-order valence-electron chi connectivity index (χ1n) is 15.3. The Morgan fingerprint density at radius 3 is 2.27 bits per heavy atom. The molecule has 2 fully saturated rings. The second-order valence-corrected chi connectivity index (χ2v) is 14.1. The highest BCUT2D eigenvalue weighted by molar-refractivity contribution is 7.87. The fraction of sp³-hybridized carbons (Fsp3) is 0.424. The number of rotatable bonds is 5. The number of aromatic nitrogens is 1. The van der Waals surface area contributed by atoms with Crippen molar-refractivity contribution in [1.82, 2.24) is 23.4 Å². The maximum absolute atomic E-state index is 14.0. The minimum Gasteiger partial charge on any atom is -0.339 e. The largest absolute Gasteiger partial charge is 0.339 e. The van der Waals surface area contributed by atoms with Crippen molar-refractivity contribution in [2.45, 2.75) is 51.5 Å². The topological polar surface area (TPSA) is 112 Å². The quantitative estimate of drug-likeness (QED) is 0.466. The number of hydrogen-bond acceptors (Lipinski definition) is 5. The summed E-state index contributed by atoms with van der Waals surface area (Å²) < 4.78 is 30.2. The highest BCUT2D eigenvalue weighted by Gasteiger charge is 2.32. The van der Waals surface area contributed by atoms with Gasteiger partial charge >= 0.3 is 10.2 Å². The minimum atomic E-state index is -3.97. The van der Waals surface area contributed by atoms with Gasteiger partial charge in [-0.2, -0.15) is 12.7 Å². The number of fused-ring (bicyclic) bond motifs is 5. The van der Waals surface area contributed by atoms with E-state index in [9.17, 15) is 22.8 Å². The summed E-state index contributed by atoms with van der Waals surface area (Å²) in [6, 6.07) is 13.5. The Morgan fingerprint density at radius 1 is 0.909 bits per heavy atom. The zero-order valence-electron chi connectivity index (χ0n) is 25.5. The fourth-order valence-corrected chi connectivity index (χ4v) is 7.38. The van der Waals surface area contributed by atoms with Crippen LogP contribution in [0.2, 0.25) is 0 Å². The zero-order valence-corrected chi connectivity index (χ0v) is 26.3. The van der Waals surface area contributed by atoms with Crippen molar-refractivity contribution in [1.29, 1.82) is 0 Å².